The molecule has 3 atom stereocenters. The van der Waals surface area contributed by atoms with Gasteiger partial charge in [-0.2, -0.15) is 0 Å². The molecule has 1 heterocycles. The van der Waals surface area contributed by atoms with E-state index in [2.05, 4.69) is 37.9 Å². The SMILES string of the molecule is CCC(C)CN1CC(C)NCCC1C. The average Bonchev–Trinajstić information content (AvgIpc) is 2.29. The van der Waals surface area contributed by atoms with E-state index < -0.39 is 0 Å². The molecule has 0 aliphatic carbocycles. The maximum absolute atomic E-state index is 3.55. The number of hydrogen-bond donors (Lipinski definition) is 1. The second kappa shape index (κ2) is 5.72. The minimum absolute atomic E-state index is 0.656. The molecule has 2 nitrogen and oxygen atoms in total. The third-order valence-corrected chi connectivity index (χ3v) is 3.43. The van der Waals surface area contributed by atoms with Crippen LogP contribution in [0.4, 0.5) is 0 Å². The van der Waals surface area contributed by atoms with Crippen molar-refractivity contribution in [3.8, 4) is 0 Å². The van der Waals surface area contributed by atoms with Crippen molar-refractivity contribution in [1.82, 2.24) is 10.2 Å². The Balaban J connectivity index is 2.45. The lowest BCUT2D eigenvalue weighted by Crippen LogP contribution is -2.40. The van der Waals surface area contributed by atoms with Gasteiger partial charge in [-0.1, -0.05) is 20.3 Å². The van der Waals surface area contributed by atoms with Crippen molar-refractivity contribution in [2.75, 3.05) is 19.6 Å². The van der Waals surface area contributed by atoms with Crippen molar-refractivity contribution in [3.05, 3.63) is 0 Å². The molecule has 0 aromatic rings. The maximum atomic E-state index is 3.55. The Morgan fingerprint density at radius 3 is 2.79 bits per heavy atom. The Morgan fingerprint density at radius 2 is 2.14 bits per heavy atom. The molecule has 1 fully saturated rings. The smallest absolute Gasteiger partial charge is 0.0166 e. The molecule has 1 aliphatic heterocycles. The molecule has 0 saturated carbocycles. The van der Waals surface area contributed by atoms with E-state index >= 15 is 0 Å². The van der Waals surface area contributed by atoms with Crippen molar-refractivity contribution in [1.29, 1.82) is 0 Å². The molecule has 0 radical (unpaired) electrons. The molecule has 1 aliphatic rings. The van der Waals surface area contributed by atoms with E-state index in [1.54, 1.807) is 0 Å². The second-order valence-corrected chi connectivity index (χ2v) is 4.96. The first-order chi connectivity index (χ1) is 6.63. The van der Waals surface area contributed by atoms with Gasteiger partial charge >= 0.3 is 0 Å². The minimum atomic E-state index is 0.656. The average molecular weight is 198 g/mol. The zero-order valence-electron chi connectivity index (χ0n) is 10.2. The maximum Gasteiger partial charge on any atom is 0.0166 e. The van der Waals surface area contributed by atoms with Gasteiger partial charge < -0.3 is 5.32 Å². The van der Waals surface area contributed by atoms with Crippen LogP contribution < -0.4 is 5.32 Å². The van der Waals surface area contributed by atoms with Gasteiger partial charge in [0.1, 0.15) is 0 Å². The molecule has 3 unspecified atom stereocenters. The van der Waals surface area contributed by atoms with Crippen molar-refractivity contribution in [2.24, 2.45) is 5.92 Å². The number of rotatable bonds is 3. The lowest BCUT2D eigenvalue weighted by atomic mass is 10.1. The Morgan fingerprint density at radius 1 is 1.43 bits per heavy atom. The molecule has 1 saturated heterocycles. The first-order valence-corrected chi connectivity index (χ1v) is 6.11. The normalized spacial score (nSPS) is 32.6. The monoisotopic (exact) mass is 198 g/mol. The van der Waals surface area contributed by atoms with Crippen LogP contribution in [-0.2, 0) is 0 Å². The highest BCUT2D eigenvalue weighted by Crippen LogP contribution is 2.13. The summed E-state index contributed by atoms with van der Waals surface area (Å²) in [7, 11) is 0. The predicted molar refractivity (Wildman–Crippen MR) is 62.6 cm³/mol. The summed E-state index contributed by atoms with van der Waals surface area (Å²) in [6.45, 7) is 13.0. The molecule has 84 valence electrons. The Hall–Kier alpha value is -0.0800. The van der Waals surface area contributed by atoms with Crippen molar-refractivity contribution >= 4 is 0 Å². The largest absolute Gasteiger partial charge is 0.313 e. The summed E-state index contributed by atoms with van der Waals surface area (Å²) in [6.07, 6.45) is 2.59. The number of hydrogen-bond acceptors (Lipinski definition) is 2. The second-order valence-electron chi connectivity index (χ2n) is 4.96. The summed E-state index contributed by atoms with van der Waals surface area (Å²) in [5.74, 6) is 0.836. The molecule has 2 heteroatoms. The van der Waals surface area contributed by atoms with Crippen LogP contribution in [0.2, 0.25) is 0 Å². The van der Waals surface area contributed by atoms with E-state index in [4.69, 9.17) is 0 Å². The summed E-state index contributed by atoms with van der Waals surface area (Å²) >= 11 is 0. The first kappa shape index (κ1) is 12.0. The first-order valence-electron chi connectivity index (χ1n) is 6.11. The van der Waals surface area contributed by atoms with E-state index in [0.717, 1.165) is 12.0 Å². The van der Waals surface area contributed by atoms with Crippen LogP contribution in [-0.4, -0.2) is 36.6 Å². The van der Waals surface area contributed by atoms with Gasteiger partial charge in [-0.3, -0.25) is 4.90 Å². The van der Waals surface area contributed by atoms with Crippen LogP contribution in [0.3, 0.4) is 0 Å². The fourth-order valence-electron chi connectivity index (χ4n) is 2.10. The zero-order chi connectivity index (χ0) is 10.6. The van der Waals surface area contributed by atoms with E-state index in [-0.39, 0.29) is 0 Å². The van der Waals surface area contributed by atoms with E-state index in [9.17, 15) is 0 Å². The van der Waals surface area contributed by atoms with Gasteiger partial charge in [0.15, 0.2) is 0 Å². The predicted octanol–water partition coefficient (Wildman–Crippen LogP) is 2.10. The third kappa shape index (κ3) is 3.58. The van der Waals surface area contributed by atoms with E-state index in [1.165, 1.54) is 32.5 Å². The molecule has 14 heavy (non-hydrogen) atoms. The van der Waals surface area contributed by atoms with Gasteiger partial charge in [-0.05, 0) is 32.7 Å². The molecular weight excluding hydrogens is 172 g/mol. The minimum Gasteiger partial charge on any atom is -0.313 e. The summed E-state index contributed by atoms with van der Waals surface area (Å²) in [5, 5.41) is 3.55. The Bertz CT molecular complexity index is 158. The van der Waals surface area contributed by atoms with Gasteiger partial charge in [-0.15, -0.1) is 0 Å². The highest BCUT2D eigenvalue weighted by Gasteiger charge is 2.21. The highest BCUT2D eigenvalue weighted by molar-refractivity contribution is 4.79. The van der Waals surface area contributed by atoms with Gasteiger partial charge in [0.05, 0.1) is 0 Å². The third-order valence-electron chi connectivity index (χ3n) is 3.43. The van der Waals surface area contributed by atoms with Crippen LogP contribution in [0.15, 0.2) is 0 Å². The van der Waals surface area contributed by atoms with Crippen molar-refractivity contribution in [3.63, 3.8) is 0 Å². The summed E-state index contributed by atoms with van der Waals surface area (Å²) in [5.41, 5.74) is 0. The Labute approximate surface area is 89.1 Å². The summed E-state index contributed by atoms with van der Waals surface area (Å²) in [4.78, 5) is 2.65. The molecular formula is C12H26N2. The van der Waals surface area contributed by atoms with Crippen LogP contribution >= 0.6 is 0 Å². The number of nitrogens with one attached hydrogen (secondary N) is 1. The van der Waals surface area contributed by atoms with E-state index in [0.29, 0.717) is 6.04 Å². The standard InChI is InChI=1S/C12H26N2/c1-5-10(2)8-14-9-11(3)13-7-6-12(14)4/h10-13H,5-9H2,1-4H3. The van der Waals surface area contributed by atoms with Gasteiger partial charge in [-0.25, -0.2) is 0 Å². The molecule has 0 bridgehead atoms. The van der Waals surface area contributed by atoms with Crippen LogP contribution in [0.25, 0.3) is 0 Å². The molecule has 0 spiro atoms. The quantitative estimate of drug-likeness (QED) is 0.747. The van der Waals surface area contributed by atoms with Crippen LogP contribution in [0.1, 0.15) is 40.5 Å². The van der Waals surface area contributed by atoms with Crippen LogP contribution in [0, 0.1) is 5.92 Å². The highest BCUT2D eigenvalue weighted by atomic mass is 15.2. The van der Waals surface area contributed by atoms with Crippen molar-refractivity contribution in [2.45, 2.75) is 52.6 Å². The van der Waals surface area contributed by atoms with E-state index in [1.807, 2.05) is 0 Å². The lowest BCUT2D eigenvalue weighted by Gasteiger charge is -2.30. The lowest BCUT2D eigenvalue weighted by molar-refractivity contribution is 0.178. The Kier molecular flexibility index (Phi) is 4.90. The van der Waals surface area contributed by atoms with Crippen molar-refractivity contribution < 1.29 is 0 Å². The summed E-state index contributed by atoms with van der Waals surface area (Å²) < 4.78 is 0. The van der Waals surface area contributed by atoms with Gasteiger partial charge in [0.25, 0.3) is 0 Å². The fourth-order valence-corrected chi connectivity index (χ4v) is 2.10. The molecule has 1 N–H and O–H groups in total. The zero-order valence-corrected chi connectivity index (χ0v) is 10.2. The molecule has 0 aromatic carbocycles. The molecule has 0 aromatic heterocycles. The molecule has 0 amide bonds. The topological polar surface area (TPSA) is 15.3 Å². The van der Waals surface area contributed by atoms with Gasteiger partial charge in [0.2, 0.25) is 0 Å². The number of nitrogens with zero attached hydrogens (tertiary/aromatic N) is 1. The summed E-state index contributed by atoms with van der Waals surface area (Å²) in [6, 6.07) is 1.41. The van der Waals surface area contributed by atoms with Gasteiger partial charge in [0, 0.05) is 25.2 Å². The molecule has 1 rings (SSSR count). The van der Waals surface area contributed by atoms with Crippen LogP contribution in [0.5, 0.6) is 0 Å². The fraction of sp³-hybridized carbons (Fsp3) is 1.00.